The lowest BCUT2D eigenvalue weighted by Crippen LogP contribution is -2.20. The summed E-state index contributed by atoms with van der Waals surface area (Å²) < 4.78 is 0. The molecule has 0 aliphatic heterocycles. The van der Waals surface area contributed by atoms with Crippen LogP contribution < -0.4 is 4.90 Å². The lowest BCUT2D eigenvalue weighted by atomic mass is 10.1. The third-order valence-corrected chi connectivity index (χ3v) is 4.86. The first-order chi connectivity index (χ1) is 12.9. The number of aromatic nitrogens is 1. The Hall–Kier alpha value is -3.26. The van der Waals surface area contributed by atoms with E-state index in [-0.39, 0.29) is 12.1 Å². The number of carboxylic acids is 1. The van der Waals surface area contributed by atoms with Crippen LogP contribution in [0.25, 0.3) is 11.3 Å². The van der Waals surface area contributed by atoms with Gasteiger partial charge >= 0.3 is 5.97 Å². The SMILES string of the molecule is Cc1ccc(N(CCC(=O)O)c2nc(-c3ccc([N+](=O)[O-])cc3)cs2)cc1. The maximum atomic E-state index is 11.0. The molecule has 1 aromatic heterocycles. The van der Waals surface area contributed by atoms with Crippen molar-refractivity contribution in [1.29, 1.82) is 0 Å². The third-order valence-electron chi connectivity index (χ3n) is 3.99. The Balaban J connectivity index is 1.90. The molecular formula is C19H17N3O4S. The van der Waals surface area contributed by atoms with Crippen LogP contribution in [0, 0.1) is 17.0 Å². The highest BCUT2D eigenvalue weighted by Gasteiger charge is 2.16. The first-order valence-corrected chi connectivity index (χ1v) is 9.08. The van der Waals surface area contributed by atoms with E-state index >= 15 is 0 Å². The van der Waals surface area contributed by atoms with Crippen LogP contribution in [0.2, 0.25) is 0 Å². The lowest BCUT2D eigenvalue weighted by Gasteiger charge is -2.21. The highest BCUT2D eigenvalue weighted by molar-refractivity contribution is 7.14. The minimum absolute atomic E-state index is 0.0136. The minimum Gasteiger partial charge on any atom is -0.481 e. The molecule has 0 radical (unpaired) electrons. The van der Waals surface area contributed by atoms with Crippen molar-refractivity contribution in [2.75, 3.05) is 11.4 Å². The number of non-ortho nitro benzene ring substituents is 1. The molecule has 0 spiro atoms. The molecule has 8 heteroatoms. The van der Waals surface area contributed by atoms with Gasteiger partial charge in [-0.25, -0.2) is 4.98 Å². The zero-order valence-corrected chi connectivity index (χ0v) is 15.3. The molecule has 1 heterocycles. The van der Waals surface area contributed by atoms with E-state index in [9.17, 15) is 14.9 Å². The number of benzene rings is 2. The zero-order chi connectivity index (χ0) is 19.4. The van der Waals surface area contributed by atoms with Gasteiger partial charge in [-0.1, -0.05) is 17.7 Å². The van der Waals surface area contributed by atoms with Crippen LogP contribution in [0.3, 0.4) is 0 Å². The number of rotatable bonds is 7. The Bertz CT molecular complexity index is 952. The van der Waals surface area contributed by atoms with E-state index in [1.165, 1.54) is 23.5 Å². The standard InChI is InChI=1S/C19H17N3O4S/c1-13-2-6-15(7-3-13)21(11-10-18(23)24)19-20-17(12-27-19)14-4-8-16(9-5-14)22(25)26/h2-9,12H,10-11H2,1H3,(H,23,24). The van der Waals surface area contributed by atoms with Gasteiger partial charge in [-0.2, -0.15) is 0 Å². The van der Waals surface area contributed by atoms with E-state index in [0.717, 1.165) is 16.8 Å². The molecule has 0 amide bonds. The molecule has 7 nitrogen and oxygen atoms in total. The summed E-state index contributed by atoms with van der Waals surface area (Å²) in [5.41, 5.74) is 3.47. The van der Waals surface area contributed by atoms with Crippen LogP contribution in [0.4, 0.5) is 16.5 Å². The minimum atomic E-state index is -0.876. The first-order valence-electron chi connectivity index (χ1n) is 8.20. The number of thiazole rings is 1. The number of nitro groups is 1. The normalized spacial score (nSPS) is 10.6. The Kier molecular flexibility index (Phi) is 5.46. The number of anilines is 2. The molecule has 0 unspecified atom stereocenters. The monoisotopic (exact) mass is 383 g/mol. The van der Waals surface area contributed by atoms with E-state index in [4.69, 9.17) is 5.11 Å². The predicted molar refractivity (Wildman–Crippen MR) is 105 cm³/mol. The average molecular weight is 383 g/mol. The molecule has 0 saturated carbocycles. The number of hydrogen-bond donors (Lipinski definition) is 1. The van der Waals surface area contributed by atoms with Crippen LogP contribution in [0.5, 0.6) is 0 Å². The molecule has 0 aliphatic carbocycles. The number of carbonyl (C=O) groups is 1. The molecule has 2 aromatic carbocycles. The quantitative estimate of drug-likeness (QED) is 0.472. The molecule has 138 valence electrons. The fourth-order valence-corrected chi connectivity index (χ4v) is 3.42. The van der Waals surface area contributed by atoms with Crippen molar-refractivity contribution in [3.63, 3.8) is 0 Å². The van der Waals surface area contributed by atoms with Gasteiger partial charge in [0.25, 0.3) is 5.69 Å². The van der Waals surface area contributed by atoms with Crippen molar-refractivity contribution in [3.8, 4) is 11.3 Å². The van der Waals surface area contributed by atoms with Gasteiger partial charge in [0.1, 0.15) is 0 Å². The second-order valence-corrected chi connectivity index (χ2v) is 6.79. The predicted octanol–water partition coefficient (Wildman–Crippen LogP) is 4.64. The Labute approximate surface area is 159 Å². The Morgan fingerprint density at radius 2 is 1.85 bits per heavy atom. The van der Waals surface area contributed by atoms with Gasteiger partial charge in [0.15, 0.2) is 5.13 Å². The molecule has 0 fully saturated rings. The van der Waals surface area contributed by atoms with Crippen molar-refractivity contribution >= 4 is 33.8 Å². The van der Waals surface area contributed by atoms with Crippen LogP contribution in [0.15, 0.2) is 53.9 Å². The number of carboxylic acid groups (broad SMARTS) is 1. The highest BCUT2D eigenvalue weighted by Crippen LogP contribution is 2.33. The number of nitro benzene ring substituents is 1. The Morgan fingerprint density at radius 3 is 2.44 bits per heavy atom. The van der Waals surface area contributed by atoms with Crippen LogP contribution in [-0.4, -0.2) is 27.5 Å². The summed E-state index contributed by atoms with van der Waals surface area (Å²) in [7, 11) is 0. The summed E-state index contributed by atoms with van der Waals surface area (Å²) >= 11 is 1.40. The first kappa shape index (κ1) is 18.5. The third kappa shape index (κ3) is 4.48. The fraction of sp³-hybridized carbons (Fsp3) is 0.158. The summed E-state index contributed by atoms with van der Waals surface area (Å²) in [6.07, 6.45) is -0.0136. The van der Waals surface area contributed by atoms with Crippen LogP contribution in [-0.2, 0) is 4.79 Å². The number of aryl methyl sites for hydroxylation is 1. The van der Waals surface area contributed by atoms with Crippen molar-refractivity contribution in [1.82, 2.24) is 4.98 Å². The van der Waals surface area contributed by atoms with E-state index in [0.29, 0.717) is 17.4 Å². The van der Waals surface area contributed by atoms with Crippen LogP contribution >= 0.6 is 11.3 Å². The molecule has 0 bridgehead atoms. The van der Waals surface area contributed by atoms with Crippen molar-refractivity contribution in [2.24, 2.45) is 0 Å². The highest BCUT2D eigenvalue weighted by atomic mass is 32.1. The van der Waals surface area contributed by atoms with Crippen molar-refractivity contribution in [2.45, 2.75) is 13.3 Å². The summed E-state index contributed by atoms with van der Waals surface area (Å²) in [4.78, 5) is 27.9. The van der Waals surface area contributed by atoms with Gasteiger partial charge in [-0.3, -0.25) is 14.9 Å². The van der Waals surface area contributed by atoms with Gasteiger partial charge < -0.3 is 10.0 Å². The summed E-state index contributed by atoms with van der Waals surface area (Å²) in [6, 6.07) is 14.0. The number of hydrogen-bond acceptors (Lipinski definition) is 6. The van der Waals surface area contributed by atoms with Gasteiger partial charge in [0.05, 0.1) is 17.0 Å². The van der Waals surface area contributed by atoms with E-state index in [1.54, 1.807) is 12.1 Å². The second-order valence-electron chi connectivity index (χ2n) is 5.95. The topological polar surface area (TPSA) is 96.6 Å². The maximum absolute atomic E-state index is 11.0. The molecule has 0 aliphatic rings. The van der Waals surface area contributed by atoms with Crippen molar-refractivity contribution in [3.05, 3.63) is 69.6 Å². The molecule has 0 saturated heterocycles. The molecule has 27 heavy (non-hydrogen) atoms. The van der Waals surface area contributed by atoms with E-state index in [1.807, 2.05) is 41.5 Å². The average Bonchev–Trinajstić information content (AvgIpc) is 3.13. The smallest absolute Gasteiger partial charge is 0.305 e. The molecule has 1 N–H and O–H groups in total. The summed E-state index contributed by atoms with van der Waals surface area (Å²) in [6.45, 7) is 2.28. The molecule has 3 rings (SSSR count). The summed E-state index contributed by atoms with van der Waals surface area (Å²) in [5.74, 6) is -0.876. The maximum Gasteiger partial charge on any atom is 0.305 e. The lowest BCUT2D eigenvalue weighted by molar-refractivity contribution is -0.384. The van der Waals surface area contributed by atoms with Crippen molar-refractivity contribution < 1.29 is 14.8 Å². The zero-order valence-electron chi connectivity index (χ0n) is 14.5. The largest absolute Gasteiger partial charge is 0.481 e. The number of nitrogens with zero attached hydrogens (tertiary/aromatic N) is 3. The molecule has 0 atom stereocenters. The summed E-state index contributed by atoms with van der Waals surface area (Å²) in [5, 5.41) is 22.4. The molecular weight excluding hydrogens is 366 g/mol. The second kappa shape index (κ2) is 7.96. The van der Waals surface area contributed by atoms with Gasteiger partial charge in [0.2, 0.25) is 0 Å². The van der Waals surface area contributed by atoms with E-state index in [2.05, 4.69) is 4.98 Å². The molecule has 3 aromatic rings. The van der Waals surface area contributed by atoms with Gasteiger partial charge in [0, 0.05) is 35.3 Å². The van der Waals surface area contributed by atoms with Gasteiger partial charge in [-0.15, -0.1) is 11.3 Å². The van der Waals surface area contributed by atoms with Crippen LogP contribution in [0.1, 0.15) is 12.0 Å². The fourth-order valence-electron chi connectivity index (χ4n) is 2.54. The number of aliphatic carboxylic acids is 1. The van der Waals surface area contributed by atoms with E-state index < -0.39 is 10.9 Å². The Morgan fingerprint density at radius 1 is 1.19 bits per heavy atom. The van der Waals surface area contributed by atoms with Gasteiger partial charge in [-0.05, 0) is 31.2 Å².